The van der Waals surface area contributed by atoms with Gasteiger partial charge in [-0.1, -0.05) is 47.5 Å². The monoisotopic (exact) mass is 296 g/mol. The van der Waals surface area contributed by atoms with Gasteiger partial charge in [0.1, 0.15) is 0 Å². The molecule has 2 rings (SSSR count). The Kier molecular flexibility index (Phi) is 4.72. The first-order chi connectivity index (χ1) is 9.66. The summed E-state index contributed by atoms with van der Waals surface area (Å²) in [4.78, 5) is 12.5. The van der Waals surface area contributed by atoms with Crippen LogP contribution in [-0.2, 0) is 14.3 Å². The Hall–Kier alpha value is -0.570. The standard InChI is InChI=1S/C18H32O3/c1-16(2,3)11-18(12-17(18,4)5)15(19)21-13-20-10-14-8-6-7-9-14/h14H,6-13H2,1-5H3. The van der Waals surface area contributed by atoms with Crippen molar-refractivity contribution in [2.45, 2.75) is 73.1 Å². The Labute approximate surface area is 129 Å². The van der Waals surface area contributed by atoms with Gasteiger partial charge in [-0.25, -0.2) is 0 Å². The van der Waals surface area contributed by atoms with E-state index in [-0.39, 0.29) is 29.0 Å². The summed E-state index contributed by atoms with van der Waals surface area (Å²) in [5.74, 6) is 0.610. The Balaban J connectivity index is 1.78. The van der Waals surface area contributed by atoms with Crippen LogP contribution in [0.15, 0.2) is 0 Å². The maximum absolute atomic E-state index is 12.5. The molecule has 0 aromatic carbocycles. The van der Waals surface area contributed by atoms with E-state index in [2.05, 4.69) is 34.6 Å². The lowest BCUT2D eigenvalue weighted by Crippen LogP contribution is -2.29. The third kappa shape index (κ3) is 4.00. The molecule has 1 unspecified atom stereocenters. The molecule has 0 aromatic heterocycles. The van der Waals surface area contributed by atoms with Crippen LogP contribution in [0, 0.1) is 22.2 Å². The summed E-state index contributed by atoms with van der Waals surface area (Å²) < 4.78 is 11.0. The first-order valence-electron chi connectivity index (χ1n) is 8.41. The van der Waals surface area contributed by atoms with Crippen molar-refractivity contribution >= 4 is 5.97 Å². The van der Waals surface area contributed by atoms with Gasteiger partial charge in [0, 0.05) is 0 Å². The van der Waals surface area contributed by atoms with E-state index in [9.17, 15) is 4.79 Å². The molecular weight excluding hydrogens is 264 g/mol. The summed E-state index contributed by atoms with van der Waals surface area (Å²) in [5.41, 5.74) is -0.109. The lowest BCUT2D eigenvalue weighted by Gasteiger charge is -2.27. The molecule has 0 amide bonds. The molecule has 0 heterocycles. The summed E-state index contributed by atoms with van der Waals surface area (Å²) in [7, 11) is 0. The Morgan fingerprint density at radius 2 is 1.76 bits per heavy atom. The maximum atomic E-state index is 12.5. The van der Waals surface area contributed by atoms with E-state index in [0.29, 0.717) is 5.92 Å². The van der Waals surface area contributed by atoms with E-state index in [0.717, 1.165) is 19.4 Å². The van der Waals surface area contributed by atoms with E-state index in [1.54, 1.807) is 0 Å². The van der Waals surface area contributed by atoms with Crippen LogP contribution in [0.3, 0.4) is 0 Å². The lowest BCUT2D eigenvalue weighted by molar-refractivity contribution is -0.166. The number of esters is 1. The highest BCUT2D eigenvalue weighted by Gasteiger charge is 2.67. The average molecular weight is 296 g/mol. The van der Waals surface area contributed by atoms with E-state index in [4.69, 9.17) is 9.47 Å². The summed E-state index contributed by atoms with van der Waals surface area (Å²) in [6.45, 7) is 11.8. The van der Waals surface area contributed by atoms with Gasteiger partial charge in [-0.15, -0.1) is 0 Å². The van der Waals surface area contributed by atoms with Gasteiger partial charge in [-0.3, -0.25) is 4.79 Å². The van der Waals surface area contributed by atoms with Crippen LogP contribution < -0.4 is 0 Å². The zero-order valence-electron chi connectivity index (χ0n) is 14.5. The van der Waals surface area contributed by atoms with Gasteiger partial charge in [0.25, 0.3) is 0 Å². The number of ether oxygens (including phenoxy) is 2. The minimum absolute atomic E-state index is 0.0583. The van der Waals surface area contributed by atoms with Crippen LogP contribution in [0.1, 0.15) is 73.1 Å². The predicted molar refractivity (Wildman–Crippen MR) is 83.8 cm³/mol. The molecule has 0 radical (unpaired) electrons. The number of carbonyl (C=O) groups is 1. The van der Waals surface area contributed by atoms with Crippen LogP contribution in [0.25, 0.3) is 0 Å². The van der Waals surface area contributed by atoms with E-state index >= 15 is 0 Å². The summed E-state index contributed by atoms with van der Waals surface area (Å²) >= 11 is 0. The second-order valence-electron chi connectivity index (χ2n) is 8.95. The number of rotatable bonds is 6. The molecule has 0 spiro atoms. The first kappa shape index (κ1) is 16.8. The molecule has 2 fully saturated rings. The van der Waals surface area contributed by atoms with Crippen molar-refractivity contribution in [3.8, 4) is 0 Å². The van der Waals surface area contributed by atoms with Crippen molar-refractivity contribution in [1.82, 2.24) is 0 Å². The third-order valence-electron chi connectivity index (χ3n) is 5.24. The molecule has 0 N–H and O–H groups in total. The van der Waals surface area contributed by atoms with Gasteiger partial charge in [0.05, 0.1) is 12.0 Å². The van der Waals surface area contributed by atoms with Gasteiger partial charge in [-0.2, -0.15) is 0 Å². The smallest absolute Gasteiger partial charge is 0.314 e. The van der Waals surface area contributed by atoms with Crippen molar-refractivity contribution in [3.63, 3.8) is 0 Å². The molecule has 2 saturated carbocycles. The highest BCUT2D eigenvalue weighted by molar-refractivity contribution is 5.81. The second-order valence-corrected chi connectivity index (χ2v) is 8.95. The molecular formula is C18H32O3. The Morgan fingerprint density at radius 3 is 2.24 bits per heavy atom. The van der Waals surface area contributed by atoms with Crippen LogP contribution in [0.4, 0.5) is 0 Å². The van der Waals surface area contributed by atoms with Crippen LogP contribution in [0.5, 0.6) is 0 Å². The molecule has 21 heavy (non-hydrogen) atoms. The number of hydrogen-bond acceptors (Lipinski definition) is 3. The van der Waals surface area contributed by atoms with E-state index < -0.39 is 0 Å². The van der Waals surface area contributed by atoms with Crippen LogP contribution in [-0.4, -0.2) is 19.4 Å². The highest BCUT2D eigenvalue weighted by atomic mass is 16.7. The van der Waals surface area contributed by atoms with Gasteiger partial charge in [0.15, 0.2) is 6.79 Å². The van der Waals surface area contributed by atoms with Gasteiger partial charge in [0.2, 0.25) is 0 Å². The first-order valence-corrected chi connectivity index (χ1v) is 8.41. The zero-order valence-corrected chi connectivity index (χ0v) is 14.5. The van der Waals surface area contributed by atoms with Gasteiger partial charge < -0.3 is 9.47 Å². The highest BCUT2D eigenvalue weighted by Crippen LogP contribution is 2.68. The molecule has 0 saturated heterocycles. The topological polar surface area (TPSA) is 35.5 Å². The van der Waals surface area contributed by atoms with Gasteiger partial charge >= 0.3 is 5.97 Å². The summed E-state index contributed by atoms with van der Waals surface area (Å²) in [5, 5.41) is 0. The molecule has 0 aromatic rings. The predicted octanol–water partition coefficient (Wildman–Crippen LogP) is 4.55. The van der Waals surface area contributed by atoms with E-state index in [1.165, 1.54) is 25.7 Å². The fourth-order valence-corrected chi connectivity index (χ4v) is 3.96. The molecule has 2 aliphatic rings. The zero-order chi connectivity index (χ0) is 15.7. The minimum Gasteiger partial charge on any atom is -0.438 e. The van der Waals surface area contributed by atoms with Crippen molar-refractivity contribution in [3.05, 3.63) is 0 Å². The van der Waals surface area contributed by atoms with Crippen molar-refractivity contribution in [2.75, 3.05) is 13.4 Å². The third-order valence-corrected chi connectivity index (χ3v) is 5.24. The fraction of sp³-hybridized carbons (Fsp3) is 0.944. The number of hydrogen-bond donors (Lipinski definition) is 0. The molecule has 2 aliphatic carbocycles. The summed E-state index contributed by atoms with van der Waals surface area (Å²) in [6.07, 6.45) is 6.96. The normalized spacial score (nSPS) is 28.6. The summed E-state index contributed by atoms with van der Waals surface area (Å²) in [6, 6.07) is 0. The molecule has 0 aliphatic heterocycles. The number of carbonyl (C=O) groups excluding carboxylic acids is 1. The Morgan fingerprint density at radius 1 is 1.19 bits per heavy atom. The SMILES string of the molecule is CC(C)(C)CC1(C(=O)OCOCC2CCCC2)CC1(C)C. The molecule has 122 valence electrons. The van der Waals surface area contributed by atoms with Gasteiger partial charge in [-0.05, 0) is 42.4 Å². The molecule has 0 bridgehead atoms. The van der Waals surface area contributed by atoms with Crippen LogP contribution >= 0.6 is 0 Å². The van der Waals surface area contributed by atoms with Crippen molar-refractivity contribution in [1.29, 1.82) is 0 Å². The minimum atomic E-state index is -0.304. The quantitative estimate of drug-likeness (QED) is 0.410. The lowest BCUT2D eigenvalue weighted by atomic mass is 9.79. The molecule has 3 heteroatoms. The average Bonchev–Trinajstić information content (AvgIpc) is 2.76. The van der Waals surface area contributed by atoms with Crippen molar-refractivity contribution in [2.24, 2.45) is 22.2 Å². The molecule has 3 nitrogen and oxygen atoms in total. The van der Waals surface area contributed by atoms with Crippen molar-refractivity contribution < 1.29 is 14.3 Å². The van der Waals surface area contributed by atoms with Crippen LogP contribution in [0.2, 0.25) is 0 Å². The van der Waals surface area contributed by atoms with E-state index in [1.807, 2.05) is 0 Å². The fourth-order valence-electron chi connectivity index (χ4n) is 3.96. The second kappa shape index (κ2) is 5.91. The maximum Gasteiger partial charge on any atom is 0.314 e. The largest absolute Gasteiger partial charge is 0.438 e. The Bertz CT molecular complexity index is 374. The molecule has 1 atom stereocenters.